The molecule has 7 nitrogen and oxygen atoms in total. The molecule has 0 bridgehead atoms. The smallest absolute Gasteiger partial charge is 0.233 e. The third kappa shape index (κ3) is 7.03. The van der Waals surface area contributed by atoms with Gasteiger partial charge in [-0.25, -0.2) is 4.99 Å². The number of fused-ring (bicyclic) bond motifs is 1. The van der Waals surface area contributed by atoms with Gasteiger partial charge in [0.2, 0.25) is 5.62 Å². The fourth-order valence-electron chi connectivity index (χ4n) is 5.32. The Kier molecular flexibility index (Phi) is 12.5. The number of benzene rings is 3. The maximum Gasteiger partial charge on any atom is 0.233 e. The largest absolute Gasteiger partial charge is 0.384 e. The highest BCUT2D eigenvalue weighted by Gasteiger charge is 2.19. The number of nitrogen functional groups attached to an aromatic ring is 1. The predicted octanol–water partition coefficient (Wildman–Crippen LogP) is 7.30. The van der Waals surface area contributed by atoms with Gasteiger partial charge < -0.3 is 10.6 Å². The van der Waals surface area contributed by atoms with Crippen LogP contribution in [0.5, 0.6) is 0 Å². The molecule has 1 aliphatic heterocycles. The van der Waals surface area contributed by atoms with Gasteiger partial charge in [-0.1, -0.05) is 73.2 Å². The average Bonchev–Trinajstić information content (AvgIpc) is 2.99. The van der Waals surface area contributed by atoms with Crippen LogP contribution in [0, 0.1) is 9.41 Å². The minimum Gasteiger partial charge on any atom is -0.384 e. The number of para-hydroxylation sites is 3. The fraction of sp³-hybridized carbons (Fsp3) is 0.226. The van der Waals surface area contributed by atoms with Crippen molar-refractivity contribution >= 4 is 78.5 Å². The van der Waals surface area contributed by atoms with E-state index in [2.05, 4.69) is 4.90 Å². The summed E-state index contributed by atoms with van der Waals surface area (Å²) in [5, 5.41) is 0.648. The number of nitrogens with two attached hydrogens (primary N) is 1. The van der Waals surface area contributed by atoms with Crippen LogP contribution in [0.2, 0.25) is 0 Å². The van der Waals surface area contributed by atoms with Gasteiger partial charge in [-0.05, 0) is 74.5 Å². The third-order valence-electron chi connectivity index (χ3n) is 7.30. The van der Waals surface area contributed by atoms with E-state index < -0.39 is 0 Å². The zero-order valence-corrected chi connectivity index (χ0v) is 27.5. The fourth-order valence-corrected chi connectivity index (χ4v) is 6.15. The lowest BCUT2D eigenvalue weighted by molar-refractivity contribution is 0.234. The number of nitrogens with zero attached hydrogens (tertiary/aromatic N) is 6. The molecule has 0 saturated carbocycles. The second-order valence-electron chi connectivity index (χ2n) is 9.88. The Hall–Kier alpha value is -3.05. The molecule has 0 spiro atoms. The van der Waals surface area contributed by atoms with Crippen molar-refractivity contribution in [3.05, 3.63) is 106 Å². The first-order valence-corrected chi connectivity index (χ1v) is 14.4. The number of hydrogen-bond donors (Lipinski definition) is 1. The lowest BCUT2D eigenvalue weighted by Gasteiger charge is -2.25. The monoisotopic (exact) mass is 673 g/mol. The van der Waals surface area contributed by atoms with Gasteiger partial charge in [0.05, 0.1) is 17.6 Å². The van der Waals surface area contributed by atoms with Gasteiger partial charge in [-0.3, -0.25) is 13.7 Å². The number of rotatable bonds is 6. The topological polar surface area (TPSA) is 69.3 Å². The van der Waals surface area contributed by atoms with Crippen molar-refractivity contribution in [3.63, 3.8) is 0 Å². The molecular weight excluding hydrogens is 641 g/mol. The maximum atomic E-state index is 7.04. The van der Waals surface area contributed by atoms with Crippen LogP contribution in [-0.4, -0.2) is 49.8 Å². The summed E-state index contributed by atoms with van der Waals surface area (Å²) in [5.74, 6) is 0.474. The first-order chi connectivity index (χ1) is 19.6. The van der Waals surface area contributed by atoms with Crippen LogP contribution < -0.4 is 11.4 Å². The standard InChI is InChI=1S/C31H31N7S2.3ClH/c32-27-26-28(34-30(36(27)23-13-5-1-6-14-23)33-19-22-35-20-11-4-12-21-35)37(24-15-7-2-8-16-24)31(40)38(29(26)39)25-17-9-3-10-18-25;;;/h1-3,5-10,13-18H,4,11-12,19-22,32H2;3*1H. The summed E-state index contributed by atoms with van der Waals surface area (Å²) in [6.45, 7) is 3.74. The molecule has 0 radical (unpaired) electrons. The van der Waals surface area contributed by atoms with Crippen molar-refractivity contribution in [1.82, 2.24) is 23.6 Å². The molecule has 43 heavy (non-hydrogen) atoms. The molecule has 12 heteroatoms. The Morgan fingerprint density at radius 1 is 0.674 bits per heavy atom. The summed E-state index contributed by atoms with van der Waals surface area (Å²) in [4.78, 5) is 12.6. The highest BCUT2D eigenvalue weighted by atomic mass is 35.5. The second-order valence-corrected chi connectivity index (χ2v) is 10.6. The van der Waals surface area contributed by atoms with Crippen molar-refractivity contribution in [1.29, 1.82) is 0 Å². The summed E-state index contributed by atoms with van der Waals surface area (Å²) in [6, 6.07) is 29.8. The molecule has 0 unspecified atom stereocenters. The van der Waals surface area contributed by atoms with Crippen LogP contribution >= 0.6 is 61.7 Å². The van der Waals surface area contributed by atoms with Crippen molar-refractivity contribution in [2.75, 3.05) is 31.9 Å². The highest BCUT2D eigenvalue weighted by Crippen LogP contribution is 2.27. The maximum absolute atomic E-state index is 7.04. The van der Waals surface area contributed by atoms with Gasteiger partial charge in [-0.15, -0.1) is 37.2 Å². The molecule has 6 rings (SSSR count). The van der Waals surface area contributed by atoms with E-state index >= 15 is 0 Å². The highest BCUT2D eigenvalue weighted by molar-refractivity contribution is 7.72. The first-order valence-electron chi connectivity index (χ1n) is 13.6. The molecule has 5 aromatic rings. The van der Waals surface area contributed by atoms with Crippen LogP contribution in [0.4, 0.5) is 5.82 Å². The molecule has 226 valence electrons. The van der Waals surface area contributed by atoms with Crippen molar-refractivity contribution in [2.24, 2.45) is 4.99 Å². The van der Waals surface area contributed by atoms with Crippen LogP contribution in [0.15, 0.2) is 96.0 Å². The van der Waals surface area contributed by atoms with Crippen LogP contribution in [0.25, 0.3) is 28.1 Å². The Morgan fingerprint density at radius 3 is 1.70 bits per heavy atom. The predicted molar refractivity (Wildman–Crippen MR) is 188 cm³/mol. The molecule has 0 atom stereocenters. The van der Waals surface area contributed by atoms with E-state index in [9.17, 15) is 0 Å². The summed E-state index contributed by atoms with van der Waals surface area (Å²) in [6.07, 6.45) is 3.79. The normalized spacial score (nSPS) is 13.5. The number of piperidine rings is 1. The molecule has 2 aromatic heterocycles. The zero-order chi connectivity index (χ0) is 27.5. The molecule has 1 aliphatic rings. The Balaban J connectivity index is 0.00000169. The van der Waals surface area contributed by atoms with Crippen LogP contribution in [-0.2, 0) is 0 Å². The summed E-state index contributed by atoms with van der Waals surface area (Å²) < 4.78 is 6.76. The molecule has 3 heterocycles. The first kappa shape index (κ1) is 34.4. The van der Waals surface area contributed by atoms with E-state index in [0.717, 1.165) is 36.7 Å². The molecular formula is C31H34Cl3N7S2. The van der Waals surface area contributed by atoms with Gasteiger partial charge in [0, 0.05) is 17.9 Å². The Labute approximate surface area is 280 Å². The van der Waals surface area contributed by atoms with Crippen molar-refractivity contribution in [3.8, 4) is 17.1 Å². The minimum absolute atomic E-state index is 0. The van der Waals surface area contributed by atoms with Crippen molar-refractivity contribution < 1.29 is 0 Å². The Morgan fingerprint density at radius 2 is 1.16 bits per heavy atom. The minimum atomic E-state index is 0. The quantitative estimate of drug-likeness (QED) is 0.192. The van der Waals surface area contributed by atoms with Gasteiger partial charge in [0.15, 0.2) is 10.4 Å². The van der Waals surface area contributed by atoms with Crippen LogP contribution in [0.3, 0.4) is 0 Å². The van der Waals surface area contributed by atoms with E-state index in [4.69, 9.17) is 40.1 Å². The molecule has 2 N–H and O–H groups in total. The number of anilines is 1. The van der Waals surface area contributed by atoms with Gasteiger partial charge >= 0.3 is 0 Å². The van der Waals surface area contributed by atoms with Gasteiger partial charge in [0.1, 0.15) is 10.5 Å². The number of halogens is 3. The lowest BCUT2D eigenvalue weighted by atomic mass is 10.1. The number of hydrogen-bond acceptors (Lipinski definition) is 6. The van der Waals surface area contributed by atoms with E-state index in [1.54, 1.807) is 0 Å². The summed E-state index contributed by atoms with van der Waals surface area (Å²) in [7, 11) is 0. The van der Waals surface area contributed by atoms with E-state index in [1.165, 1.54) is 19.3 Å². The number of likely N-dealkylation sites (tertiary alicyclic amines) is 1. The summed E-state index contributed by atoms with van der Waals surface area (Å²) >= 11 is 12.2. The SMILES string of the molecule is Cl.Cl.Cl.Nc1c2c(=S)n(-c3ccccc3)c(=S)n(-c3ccccc3)c2nc(=NCCN2CCCCC2)n1-c1ccccc1. The summed E-state index contributed by atoms with van der Waals surface area (Å²) in [5.41, 5.74) is 10.8. The molecule has 1 saturated heterocycles. The van der Waals surface area contributed by atoms with E-state index in [1.807, 2.05) is 105 Å². The Bertz CT molecular complexity index is 1840. The average molecular weight is 675 g/mol. The molecule has 3 aromatic carbocycles. The van der Waals surface area contributed by atoms with E-state index in [-0.39, 0.29) is 37.2 Å². The zero-order valence-electron chi connectivity index (χ0n) is 23.4. The third-order valence-corrected chi connectivity index (χ3v) is 8.05. The molecule has 0 aliphatic carbocycles. The second kappa shape index (κ2) is 15.6. The van der Waals surface area contributed by atoms with Gasteiger partial charge in [0.25, 0.3) is 0 Å². The van der Waals surface area contributed by atoms with E-state index in [0.29, 0.717) is 38.4 Å². The molecule has 0 amide bonds. The van der Waals surface area contributed by atoms with Crippen molar-refractivity contribution in [2.45, 2.75) is 19.3 Å². The number of aromatic nitrogens is 4. The van der Waals surface area contributed by atoms with Gasteiger partial charge in [-0.2, -0.15) is 4.98 Å². The molecule has 1 fully saturated rings. The lowest BCUT2D eigenvalue weighted by Crippen LogP contribution is -2.33. The van der Waals surface area contributed by atoms with Crippen LogP contribution in [0.1, 0.15) is 19.3 Å².